The van der Waals surface area contributed by atoms with Gasteiger partial charge in [0, 0.05) is 30.8 Å². The lowest BCUT2D eigenvalue weighted by Gasteiger charge is -2.32. The fraction of sp³-hybridized carbons (Fsp3) is 0.385. The van der Waals surface area contributed by atoms with Crippen molar-refractivity contribution in [3.63, 3.8) is 0 Å². The fourth-order valence-electron chi connectivity index (χ4n) is 2.42. The van der Waals surface area contributed by atoms with Crippen LogP contribution in [0.3, 0.4) is 0 Å². The quantitative estimate of drug-likeness (QED) is 0.650. The number of likely N-dealkylation sites (tertiary alicyclic amines) is 1. The van der Waals surface area contributed by atoms with Gasteiger partial charge < -0.3 is 15.3 Å². The number of nitro benzene ring substituents is 1. The number of halogens is 1. The molecule has 0 spiro atoms. The van der Waals surface area contributed by atoms with Crippen molar-refractivity contribution in [3.05, 3.63) is 39.7 Å². The number of hydrogen-bond acceptors (Lipinski definition) is 4. The molecule has 1 heterocycles. The second-order valence-corrected chi connectivity index (χ2v) is 4.96. The predicted octanol–water partition coefficient (Wildman–Crippen LogP) is 1.61. The molecule has 1 aliphatic heterocycles. The van der Waals surface area contributed by atoms with Crippen molar-refractivity contribution < 1.29 is 24.0 Å². The Morgan fingerprint density at radius 2 is 2.18 bits per heavy atom. The Labute approximate surface area is 124 Å². The summed E-state index contributed by atoms with van der Waals surface area (Å²) in [7, 11) is 0. The van der Waals surface area contributed by atoms with Gasteiger partial charge >= 0.3 is 11.8 Å². The first-order valence-electron chi connectivity index (χ1n) is 6.61. The van der Waals surface area contributed by atoms with Gasteiger partial charge in [0.15, 0.2) is 0 Å². The summed E-state index contributed by atoms with van der Waals surface area (Å²) < 4.78 is 13.6. The number of nitro groups is 1. The van der Waals surface area contributed by atoms with Gasteiger partial charge in [-0.1, -0.05) is 0 Å². The molecule has 1 atom stereocenters. The minimum absolute atomic E-state index is 0.000856. The summed E-state index contributed by atoms with van der Waals surface area (Å²) in [6.07, 6.45) is 0.0670. The maximum atomic E-state index is 13.6. The number of nitrogens with one attached hydrogen (secondary N) is 1. The molecule has 1 saturated heterocycles. The predicted molar refractivity (Wildman–Crippen MR) is 73.1 cm³/mol. The first-order chi connectivity index (χ1) is 10.4. The molecule has 0 aromatic heterocycles. The average molecular weight is 311 g/mol. The van der Waals surface area contributed by atoms with Crippen molar-refractivity contribution in [3.8, 4) is 0 Å². The topological polar surface area (TPSA) is 113 Å². The standard InChI is InChI=1S/C13H14FN3O5/c14-10-6-8(3-4-11(10)17(21)22)12(18)16-5-1-2-9(7-16)15-13(19)20/h3-4,6,9,15H,1-2,5,7H2,(H,19,20)/t9-/m0/s1. The van der Waals surface area contributed by atoms with E-state index >= 15 is 0 Å². The molecule has 0 radical (unpaired) electrons. The minimum atomic E-state index is -1.17. The van der Waals surface area contributed by atoms with Crippen LogP contribution in [0.2, 0.25) is 0 Å². The molecule has 2 rings (SSSR count). The van der Waals surface area contributed by atoms with Crippen LogP contribution in [0.5, 0.6) is 0 Å². The Balaban J connectivity index is 2.12. The van der Waals surface area contributed by atoms with E-state index in [0.29, 0.717) is 19.4 Å². The van der Waals surface area contributed by atoms with E-state index in [2.05, 4.69) is 5.32 Å². The number of hydrogen-bond donors (Lipinski definition) is 2. The van der Waals surface area contributed by atoms with E-state index in [1.54, 1.807) is 0 Å². The third kappa shape index (κ3) is 3.48. The lowest BCUT2D eigenvalue weighted by molar-refractivity contribution is -0.387. The fourth-order valence-corrected chi connectivity index (χ4v) is 2.42. The summed E-state index contributed by atoms with van der Waals surface area (Å²) in [5.41, 5.74) is -0.695. The molecule has 0 unspecified atom stereocenters. The molecule has 22 heavy (non-hydrogen) atoms. The van der Waals surface area contributed by atoms with Crippen LogP contribution in [0.4, 0.5) is 14.9 Å². The molecule has 2 amide bonds. The maximum Gasteiger partial charge on any atom is 0.404 e. The van der Waals surface area contributed by atoms with Gasteiger partial charge in [-0.15, -0.1) is 0 Å². The number of piperidine rings is 1. The van der Waals surface area contributed by atoms with E-state index in [-0.39, 0.29) is 18.2 Å². The highest BCUT2D eigenvalue weighted by Gasteiger charge is 2.26. The van der Waals surface area contributed by atoms with E-state index in [4.69, 9.17) is 5.11 Å². The number of carboxylic acid groups (broad SMARTS) is 1. The van der Waals surface area contributed by atoms with Crippen molar-refractivity contribution >= 4 is 17.7 Å². The number of nitrogens with zero attached hydrogens (tertiary/aromatic N) is 2. The van der Waals surface area contributed by atoms with Crippen LogP contribution in [0.1, 0.15) is 23.2 Å². The zero-order valence-corrected chi connectivity index (χ0v) is 11.5. The number of amides is 2. The Hall–Kier alpha value is -2.71. The third-order valence-electron chi connectivity index (χ3n) is 3.43. The second kappa shape index (κ2) is 6.37. The first-order valence-corrected chi connectivity index (χ1v) is 6.61. The van der Waals surface area contributed by atoms with Crippen LogP contribution in [0.15, 0.2) is 18.2 Å². The van der Waals surface area contributed by atoms with E-state index in [1.807, 2.05) is 0 Å². The second-order valence-electron chi connectivity index (χ2n) is 4.96. The van der Waals surface area contributed by atoms with Gasteiger partial charge in [-0.3, -0.25) is 14.9 Å². The van der Waals surface area contributed by atoms with Gasteiger partial charge in [-0.05, 0) is 25.0 Å². The lowest BCUT2D eigenvalue weighted by atomic mass is 10.0. The third-order valence-corrected chi connectivity index (χ3v) is 3.43. The maximum absolute atomic E-state index is 13.6. The average Bonchev–Trinajstić information content (AvgIpc) is 2.45. The summed E-state index contributed by atoms with van der Waals surface area (Å²) >= 11 is 0. The van der Waals surface area contributed by atoms with Gasteiger partial charge in [0.1, 0.15) is 0 Å². The van der Waals surface area contributed by atoms with Crippen molar-refractivity contribution in [2.24, 2.45) is 0 Å². The molecule has 1 aliphatic rings. The summed E-state index contributed by atoms with van der Waals surface area (Å²) in [6.45, 7) is 0.610. The number of carbonyl (C=O) groups excluding carboxylic acids is 1. The zero-order chi connectivity index (χ0) is 16.3. The van der Waals surface area contributed by atoms with Gasteiger partial charge in [0.2, 0.25) is 5.82 Å². The zero-order valence-electron chi connectivity index (χ0n) is 11.5. The summed E-state index contributed by atoms with van der Waals surface area (Å²) in [4.78, 5) is 34.0. The Morgan fingerprint density at radius 3 is 2.77 bits per heavy atom. The molecule has 0 bridgehead atoms. The molecule has 1 fully saturated rings. The Kier molecular flexibility index (Phi) is 4.54. The summed E-state index contributed by atoms with van der Waals surface area (Å²) in [5, 5.41) is 21.6. The van der Waals surface area contributed by atoms with Crippen LogP contribution in [-0.2, 0) is 0 Å². The largest absolute Gasteiger partial charge is 0.465 e. The van der Waals surface area contributed by atoms with E-state index in [9.17, 15) is 24.1 Å². The summed E-state index contributed by atoms with van der Waals surface area (Å²) in [6, 6.07) is 2.59. The van der Waals surface area contributed by atoms with Gasteiger partial charge in [-0.25, -0.2) is 4.79 Å². The molecular formula is C13H14FN3O5. The SMILES string of the molecule is O=C(O)N[C@H]1CCCN(C(=O)c2ccc([N+](=O)[O-])c(F)c2)C1. The van der Waals surface area contributed by atoms with E-state index < -0.39 is 28.4 Å². The van der Waals surface area contributed by atoms with Crippen molar-refractivity contribution in [1.29, 1.82) is 0 Å². The van der Waals surface area contributed by atoms with Gasteiger partial charge in [0.05, 0.1) is 4.92 Å². The molecule has 0 saturated carbocycles. The van der Waals surface area contributed by atoms with Crippen LogP contribution < -0.4 is 5.32 Å². The van der Waals surface area contributed by atoms with Gasteiger partial charge in [0.25, 0.3) is 5.91 Å². The van der Waals surface area contributed by atoms with Crippen molar-refractivity contribution in [2.45, 2.75) is 18.9 Å². The van der Waals surface area contributed by atoms with Crippen LogP contribution in [-0.4, -0.2) is 46.1 Å². The number of carbonyl (C=O) groups is 2. The summed E-state index contributed by atoms with van der Waals surface area (Å²) in [5.74, 6) is -1.56. The molecule has 2 N–H and O–H groups in total. The molecule has 0 aliphatic carbocycles. The minimum Gasteiger partial charge on any atom is -0.465 e. The molecule has 1 aromatic carbocycles. The normalized spacial score (nSPS) is 17.9. The van der Waals surface area contributed by atoms with Gasteiger partial charge in [-0.2, -0.15) is 4.39 Å². The van der Waals surface area contributed by atoms with Crippen LogP contribution in [0.25, 0.3) is 0 Å². The molecule has 1 aromatic rings. The monoisotopic (exact) mass is 311 g/mol. The number of rotatable bonds is 3. The number of benzene rings is 1. The smallest absolute Gasteiger partial charge is 0.404 e. The molecular weight excluding hydrogens is 297 g/mol. The highest BCUT2D eigenvalue weighted by Crippen LogP contribution is 2.20. The van der Waals surface area contributed by atoms with E-state index in [0.717, 1.165) is 12.1 Å². The van der Waals surface area contributed by atoms with Crippen LogP contribution >= 0.6 is 0 Å². The van der Waals surface area contributed by atoms with E-state index in [1.165, 1.54) is 11.0 Å². The first kappa shape index (κ1) is 15.7. The Bertz CT molecular complexity index is 622. The van der Waals surface area contributed by atoms with Crippen molar-refractivity contribution in [1.82, 2.24) is 10.2 Å². The molecule has 8 nitrogen and oxygen atoms in total. The highest BCUT2D eigenvalue weighted by atomic mass is 19.1. The molecule has 9 heteroatoms. The molecule has 118 valence electrons. The Morgan fingerprint density at radius 1 is 1.45 bits per heavy atom. The van der Waals surface area contributed by atoms with Crippen molar-refractivity contribution in [2.75, 3.05) is 13.1 Å². The highest BCUT2D eigenvalue weighted by molar-refractivity contribution is 5.94. The van der Waals surface area contributed by atoms with Crippen LogP contribution in [0, 0.1) is 15.9 Å². The lowest BCUT2D eigenvalue weighted by Crippen LogP contribution is -2.49.